The fourth-order valence-corrected chi connectivity index (χ4v) is 3.71. The molecular weight excluding hydrogens is 240 g/mol. The van der Waals surface area contributed by atoms with Gasteiger partial charge < -0.3 is 5.11 Å². The fourth-order valence-electron chi connectivity index (χ4n) is 0.798. The minimum absolute atomic E-state index is 0.00850. The molecule has 0 amide bonds. The van der Waals surface area contributed by atoms with Crippen molar-refractivity contribution in [3.8, 4) is 0 Å². The average molecular weight is 256 g/mol. The van der Waals surface area contributed by atoms with Gasteiger partial charge in [0, 0.05) is 28.1 Å². The van der Waals surface area contributed by atoms with Crippen LogP contribution >= 0.6 is 0 Å². The Morgan fingerprint density at radius 1 is 1.47 bits per heavy atom. The van der Waals surface area contributed by atoms with Crippen LogP contribution in [0.15, 0.2) is 0 Å². The van der Waals surface area contributed by atoms with Gasteiger partial charge in [0.2, 0.25) is 0 Å². The Balaban J connectivity index is 4.02. The van der Waals surface area contributed by atoms with Crippen molar-refractivity contribution in [1.29, 1.82) is 0 Å². The van der Waals surface area contributed by atoms with Crippen LogP contribution < -0.4 is 0 Å². The zero-order chi connectivity index (χ0) is 12.1. The molecule has 2 unspecified atom stereocenters. The van der Waals surface area contributed by atoms with Crippen LogP contribution in [0.1, 0.15) is 13.8 Å². The highest BCUT2D eigenvalue weighted by molar-refractivity contribution is 7.93. The van der Waals surface area contributed by atoms with Gasteiger partial charge in [0.05, 0.1) is 11.7 Å². The summed E-state index contributed by atoms with van der Waals surface area (Å²) in [6.07, 6.45) is 0. The first kappa shape index (κ1) is 14.6. The van der Waals surface area contributed by atoms with E-state index in [0.29, 0.717) is 0 Å². The standard InChI is InChI=1S/C8H16O5S2/c1-3-15(12,13)5-4-14(11)6-7(2)8(9)10/h7H,3-6H2,1-2H3,(H,9,10). The average Bonchev–Trinajstić information content (AvgIpc) is 2.15. The highest BCUT2D eigenvalue weighted by atomic mass is 32.2. The summed E-state index contributed by atoms with van der Waals surface area (Å²) >= 11 is 0. The number of hydrogen-bond acceptors (Lipinski definition) is 4. The number of rotatable bonds is 7. The third-order valence-electron chi connectivity index (χ3n) is 1.92. The molecule has 0 aliphatic carbocycles. The highest BCUT2D eigenvalue weighted by Gasteiger charge is 2.16. The summed E-state index contributed by atoms with van der Waals surface area (Å²) < 4.78 is 33.4. The lowest BCUT2D eigenvalue weighted by molar-refractivity contribution is -0.140. The predicted octanol–water partition coefficient (Wildman–Crippen LogP) is -0.109. The van der Waals surface area contributed by atoms with Crippen molar-refractivity contribution >= 4 is 26.6 Å². The van der Waals surface area contributed by atoms with Crippen molar-refractivity contribution < 1.29 is 22.5 Å². The minimum Gasteiger partial charge on any atom is -0.481 e. The Morgan fingerprint density at radius 3 is 2.40 bits per heavy atom. The molecule has 0 heterocycles. The normalized spacial score (nSPS) is 15.9. The zero-order valence-corrected chi connectivity index (χ0v) is 10.4. The number of hydrogen-bond donors (Lipinski definition) is 1. The SMILES string of the molecule is CCS(=O)(=O)CCS(=O)CC(C)C(=O)O. The lowest BCUT2D eigenvalue weighted by atomic mass is 10.2. The maximum atomic E-state index is 11.3. The van der Waals surface area contributed by atoms with Gasteiger partial charge in [-0.25, -0.2) is 8.42 Å². The summed E-state index contributed by atoms with van der Waals surface area (Å²) in [6, 6.07) is 0. The van der Waals surface area contributed by atoms with Crippen LogP contribution in [0.4, 0.5) is 0 Å². The van der Waals surface area contributed by atoms with Gasteiger partial charge in [0.25, 0.3) is 0 Å². The van der Waals surface area contributed by atoms with Crippen LogP contribution in [0.2, 0.25) is 0 Å². The summed E-state index contributed by atoms with van der Waals surface area (Å²) in [7, 11) is -4.49. The third-order valence-corrected chi connectivity index (χ3v) is 5.41. The van der Waals surface area contributed by atoms with Crippen molar-refractivity contribution in [3.63, 3.8) is 0 Å². The van der Waals surface area contributed by atoms with Crippen LogP contribution in [-0.4, -0.2) is 46.7 Å². The van der Waals surface area contributed by atoms with Gasteiger partial charge in [-0.15, -0.1) is 0 Å². The lowest BCUT2D eigenvalue weighted by Gasteiger charge is -2.05. The van der Waals surface area contributed by atoms with E-state index < -0.39 is 32.5 Å². The molecule has 0 bridgehead atoms. The minimum atomic E-state index is -3.11. The van der Waals surface area contributed by atoms with E-state index in [-0.39, 0.29) is 23.0 Å². The summed E-state index contributed by atoms with van der Waals surface area (Å²) in [5.41, 5.74) is 0. The maximum Gasteiger partial charge on any atom is 0.307 e. The quantitative estimate of drug-likeness (QED) is 0.686. The molecule has 0 radical (unpaired) electrons. The number of carboxylic acids is 1. The molecule has 5 nitrogen and oxygen atoms in total. The highest BCUT2D eigenvalue weighted by Crippen LogP contribution is 2.00. The molecule has 1 N–H and O–H groups in total. The monoisotopic (exact) mass is 256 g/mol. The van der Waals surface area contributed by atoms with Crippen molar-refractivity contribution in [2.24, 2.45) is 5.92 Å². The van der Waals surface area contributed by atoms with Crippen LogP contribution in [0.25, 0.3) is 0 Å². The molecule has 0 rings (SSSR count). The Morgan fingerprint density at radius 2 is 2.00 bits per heavy atom. The molecule has 0 aromatic heterocycles. The van der Waals surface area contributed by atoms with E-state index >= 15 is 0 Å². The second kappa shape index (κ2) is 6.22. The number of carboxylic acid groups (broad SMARTS) is 1. The van der Waals surface area contributed by atoms with E-state index in [1.54, 1.807) is 0 Å². The van der Waals surface area contributed by atoms with E-state index in [1.807, 2.05) is 0 Å². The van der Waals surface area contributed by atoms with Gasteiger partial charge in [-0.3, -0.25) is 9.00 Å². The van der Waals surface area contributed by atoms with Crippen molar-refractivity contribution in [2.45, 2.75) is 13.8 Å². The summed E-state index contributed by atoms with van der Waals surface area (Å²) in [5.74, 6) is -1.79. The zero-order valence-electron chi connectivity index (χ0n) is 8.80. The van der Waals surface area contributed by atoms with Gasteiger partial charge in [-0.1, -0.05) is 13.8 Å². The van der Waals surface area contributed by atoms with Crippen LogP contribution in [0, 0.1) is 5.92 Å². The first-order valence-corrected chi connectivity index (χ1v) is 7.87. The second-order valence-corrected chi connectivity index (χ2v) is 7.38. The molecule has 0 spiro atoms. The molecule has 15 heavy (non-hydrogen) atoms. The fraction of sp³-hybridized carbons (Fsp3) is 0.875. The van der Waals surface area contributed by atoms with Gasteiger partial charge in [0.1, 0.15) is 0 Å². The first-order chi connectivity index (χ1) is 6.78. The van der Waals surface area contributed by atoms with E-state index in [1.165, 1.54) is 13.8 Å². The van der Waals surface area contributed by atoms with E-state index in [0.717, 1.165) is 0 Å². The summed E-state index contributed by atoms with van der Waals surface area (Å²) in [4.78, 5) is 10.4. The molecule has 0 saturated heterocycles. The van der Waals surface area contributed by atoms with Gasteiger partial charge in [0.15, 0.2) is 9.84 Å². The van der Waals surface area contributed by atoms with E-state index in [4.69, 9.17) is 5.11 Å². The van der Waals surface area contributed by atoms with E-state index in [2.05, 4.69) is 0 Å². The predicted molar refractivity (Wildman–Crippen MR) is 59.0 cm³/mol. The maximum absolute atomic E-state index is 11.3. The van der Waals surface area contributed by atoms with Crippen molar-refractivity contribution in [1.82, 2.24) is 0 Å². The number of aliphatic carboxylic acids is 1. The van der Waals surface area contributed by atoms with Crippen molar-refractivity contribution in [2.75, 3.05) is 23.0 Å². The van der Waals surface area contributed by atoms with Crippen molar-refractivity contribution in [3.05, 3.63) is 0 Å². The largest absolute Gasteiger partial charge is 0.481 e. The van der Waals surface area contributed by atoms with Crippen LogP contribution in [-0.2, 0) is 25.4 Å². The molecule has 7 heteroatoms. The Kier molecular flexibility index (Phi) is 6.04. The molecule has 0 fully saturated rings. The molecule has 0 aromatic carbocycles. The molecule has 2 atom stereocenters. The smallest absolute Gasteiger partial charge is 0.307 e. The number of sulfone groups is 1. The Bertz CT molecular complexity index is 333. The lowest BCUT2D eigenvalue weighted by Crippen LogP contribution is -2.22. The van der Waals surface area contributed by atoms with Gasteiger partial charge in [-0.2, -0.15) is 0 Å². The number of carbonyl (C=O) groups is 1. The van der Waals surface area contributed by atoms with Gasteiger partial charge >= 0.3 is 5.97 Å². The van der Waals surface area contributed by atoms with E-state index in [9.17, 15) is 17.4 Å². The molecule has 0 saturated carbocycles. The molecule has 0 aromatic rings. The Labute approximate surface area is 92.2 Å². The first-order valence-electron chi connectivity index (χ1n) is 4.56. The molecule has 0 aliphatic heterocycles. The molecule has 90 valence electrons. The van der Waals surface area contributed by atoms with Gasteiger partial charge in [-0.05, 0) is 0 Å². The summed E-state index contributed by atoms with van der Waals surface area (Å²) in [5, 5.41) is 8.55. The molecule has 0 aliphatic rings. The Hall–Kier alpha value is -0.430. The molecular formula is C8H16O5S2. The third kappa shape index (κ3) is 6.62. The topological polar surface area (TPSA) is 88.5 Å². The van der Waals surface area contributed by atoms with Crippen LogP contribution in [0.5, 0.6) is 0 Å². The van der Waals surface area contributed by atoms with Crippen LogP contribution in [0.3, 0.4) is 0 Å². The second-order valence-electron chi connectivity index (χ2n) is 3.29. The summed E-state index contributed by atoms with van der Waals surface area (Å²) in [6.45, 7) is 2.98.